The van der Waals surface area contributed by atoms with Crippen molar-refractivity contribution >= 4 is 16.8 Å². The van der Waals surface area contributed by atoms with E-state index in [1.54, 1.807) is 12.3 Å². The van der Waals surface area contributed by atoms with Gasteiger partial charge in [0, 0.05) is 47.9 Å². The summed E-state index contributed by atoms with van der Waals surface area (Å²) in [5.74, 6) is 0.00605. The molecule has 3 heterocycles. The standard InChI is InChI=1S/C17H15N3O/c21-17(16-7-3-4-9-18-16)20-10-8-15-13(11-20)12-5-1-2-6-14(12)19-15/h1-7,9,19H,8,10-11H2. The number of hydrogen-bond donors (Lipinski definition) is 1. The molecule has 0 unspecified atom stereocenters. The van der Waals surface area contributed by atoms with Gasteiger partial charge in [0.25, 0.3) is 5.91 Å². The van der Waals surface area contributed by atoms with Crippen molar-refractivity contribution < 1.29 is 4.79 Å². The Morgan fingerprint density at radius 2 is 2.00 bits per heavy atom. The van der Waals surface area contributed by atoms with Crippen LogP contribution in [0.1, 0.15) is 21.7 Å². The lowest BCUT2D eigenvalue weighted by Crippen LogP contribution is -2.36. The summed E-state index contributed by atoms with van der Waals surface area (Å²) in [6.07, 6.45) is 2.52. The largest absolute Gasteiger partial charge is 0.358 e. The van der Waals surface area contributed by atoms with E-state index in [0.717, 1.165) is 18.5 Å². The first-order valence-electron chi connectivity index (χ1n) is 7.12. The zero-order chi connectivity index (χ0) is 14.2. The molecule has 4 rings (SSSR count). The fourth-order valence-corrected chi connectivity index (χ4v) is 2.99. The fourth-order valence-electron chi connectivity index (χ4n) is 2.99. The van der Waals surface area contributed by atoms with Crippen molar-refractivity contribution in [2.24, 2.45) is 0 Å². The zero-order valence-electron chi connectivity index (χ0n) is 11.5. The second kappa shape index (κ2) is 4.74. The van der Waals surface area contributed by atoms with Gasteiger partial charge in [0.05, 0.1) is 0 Å². The molecule has 0 saturated carbocycles. The maximum atomic E-state index is 12.5. The minimum Gasteiger partial charge on any atom is -0.358 e. The molecule has 21 heavy (non-hydrogen) atoms. The topological polar surface area (TPSA) is 49.0 Å². The van der Waals surface area contributed by atoms with Crippen LogP contribution in [-0.2, 0) is 13.0 Å². The number of amides is 1. The highest BCUT2D eigenvalue weighted by atomic mass is 16.2. The van der Waals surface area contributed by atoms with E-state index >= 15 is 0 Å². The summed E-state index contributed by atoms with van der Waals surface area (Å²) in [6.45, 7) is 1.38. The number of fused-ring (bicyclic) bond motifs is 3. The Hall–Kier alpha value is -2.62. The molecular formula is C17H15N3O. The van der Waals surface area contributed by atoms with Crippen LogP contribution in [0.2, 0.25) is 0 Å². The van der Waals surface area contributed by atoms with Gasteiger partial charge in [-0.25, -0.2) is 0 Å². The lowest BCUT2D eigenvalue weighted by Gasteiger charge is -2.27. The minimum absolute atomic E-state index is 0.00605. The van der Waals surface area contributed by atoms with Gasteiger partial charge in [0.1, 0.15) is 5.69 Å². The van der Waals surface area contributed by atoms with Crippen LogP contribution in [0, 0.1) is 0 Å². The Bertz CT molecular complexity index is 807. The van der Waals surface area contributed by atoms with Crippen LogP contribution < -0.4 is 0 Å². The summed E-state index contributed by atoms with van der Waals surface area (Å²) >= 11 is 0. The number of hydrogen-bond acceptors (Lipinski definition) is 2. The number of carbonyl (C=O) groups excluding carboxylic acids is 1. The van der Waals surface area contributed by atoms with Crippen LogP contribution in [-0.4, -0.2) is 27.3 Å². The van der Waals surface area contributed by atoms with Crippen LogP contribution in [0.4, 0.5) is 0 Å². The second-order valence-corrected chi connectivity index (χ2v) is 5.32. The van der Waals surface area contributed by atoms with E-state index in [0.29, 0.717) is 12.2 Å². The summed E-state index contributed by atoms with van der Waals surface area (Å²) in [4.78, 5) is 22.0. The van der Waals surface area contributed by atoms with Crippen LogP contribution in [0.25, 0.3) is 10.9 Å². The third kappa shape index (κ3) is 2.00. The highest BCUT2D eigenvalue weighted by Crippen LogP contribution is 2.28. The molecule has 1 N–H and O–H groups in total. The van der Waals surface area contributed by atoms with Gasteiger partial charge >= 0.3 is 0 Å². The quantitative estimate of drug-likeness (QED) is 0.743. The first-order chi connectivity index (χ1) is 10.3. The molecule has 0 fully saturated rings. The third-order valence-electron chi connectivity index (χ3n) is 4.05. The Kier molecular flexibility index (Phi) is 2.74. The maximum absolute atomic E-state index is 12.5. The maximum Gasteiger partial charge on any atom is 0.272 e. The minimum atomic E-state index is 0.00605. The van der Waals surface area contributed by atoms with Gasteiger partial charge in [0.15, 0.2) is 0 Å². The van der Waals surface area contributed by atoms with Crippen molar-refractivity contribution in [1.29, 1.82) is 0 Å². The van der Waals surface area contributed by atoms with E-state index < -0.39 is 0 Å². The van der Waals surface area contributed by atoms with Crippen LogP contribution in [0.15, 0.2) is 48.7 Å². The summed E-state index contributed by atoms with van der Waals surface area (Å²) in [5.41, 5.74) is 4.15. The van der Waals surface area contributed by atoms with Gasteiger partial charge in [-0.1, -0.05) is 24.3 Å². The number of para-hydroxylation sites is 1. The van der Waals surface area contributed by atoms with Crippen molar-refractivity contribution in [3.8, 4) is 0 Å². The molecule has 3 aromatic rings. The van der Waals surface area contributed by atoms with E-state index in [4.69, 9.17) is 0 Å². The molecule has 0 aliphatic carbocycles. The number of rotatable bonds is 1. The number of carbonyl (C=O) groups is 1. The van der Waals surface area contributed by atoms with Crippen molar-refractivity contribution in [2.75, 3.05) is 6.54 Å². The first kappa shape index (κ1) is 12.1. The molecule has 1 aromatic carbocycles. The van der Waals surface area contributed by atoms with E-state index in [-0.39, 0.29) is 5.91 Å². The SMILES string of the molecule is O=C(c1ccccn1)N1CCc2[nH]c3ccccc3c2C1. The smallest absolute Gasteiger partial charge is 0.272 e. The Morgan fingerprint density at radius 3 is 2.86 bits per heavy atom. The number of H-pyrrole nitrogens is 1. The summed E-state index contributed by atoms with van der Waals surface area (Å²) in [7, 11) is 0. The monoisotopic (exact) mass is 277 g/mol. The van der Waals surface area contributed by atoms with Gasteiger partial charge < -0.3 is 9.88 Å². The molecule has 2 aromatic heterocycles. The van der Waals surface area contributed by atoms with Gasteiger partial charge in [-0.05, 0) is 18.2 Å². The second-order valence-electron chi connectivity index (χ2n) is 5.32. The molecule has 0 radical (unpaired) electrons. The molecule has 104 valence electrons. The van der Waals surface area contributed by atoms with Crippen LogP contribution >= 0.6 is 0 Å². The van der Waals surface area contributed by atoms with Crippen LogP contribution in [0.3, 0.4) is 0 Å². The molecule has 1 aliphatic heterocycles. The highest BCUT2D eigenvalue weighted by molar-refractivity contribution is 5.93. The number of aromatic nitrogens is 2. The molecule has 0 spiro atoms. The number of nitrogens with zero attached hydrogens (tertiary/aromatic N) is 2. The molecule has 4 heteroatoms. The highest BCUT2D eigenvalue weighted by Gasteiger charge is 2.25. The molecule has 0 bridgehead atoms. The fraction of sp³-hybridized carbons (Fsp3) is 0.176. The predicted molar refractivity (Wildman–Crippen MR) is 81.0 cm³/mol. The van der Waals surface area contributed by atoms with E-state index in [1.165, 1.54) is 16.6 Å². The average Bonchev–Trinajstić information content (AvgIpc) is 2.93. The summed E-state index contributed by atoms with van der Waals surface area (Å²) < 4.78 is 0. The van der Waals surface area contributed by atoms with Crippen LogP contribution in [0.5, 0.6) is 0 Å². The number of pyridine rings is 1. The summed E-state index contributed by atoms with van der Waals surface area (Å²) in [5, 5.41) is 1.21. The molecule has 0 saturated heterocycles. The Balaban J connectivity index is 1.69. The molecule has 1 aliphatic rings. The van der Waals surface area contributed by atoms with Crippen molar-refractivity contribution in [3.05, 3.63) is 65.6 Å². The predicted octanol–water partition coefficient (Wildman–Crippen LogP) is 2.76. The first-order valence-corrected chi connectivity index (χ1v) is 7.12. The van der Waals surface area contributed by atoms with Crippen molar-refractivity contribution in [2.45, 2.75) is 13.0 Å². The van der Waals surface area contributed by atoms with Gasteiger partial charge in [-0.3, -0.25) is 9.78 Å². The summed E-state index contributed by atoms with van der Waals surface area (Å²) in [6, 6.07) is 13.7. The number of benzene rings is 1. The Labute approximate surface area is 122 Å². The van der Waals surface area contributed by atoms with E-state index in [1.807, 2.05) is 29.2 Å². The number of nitrogens with one attached hydrogen (secondary N) is 1. The molecule has 4 nitrogen and oxygen atoms in total. The van der Waals surface area contributed by atoms with Gasteiger partial charge in [0.2, 0.25) is 0 Å². The molecule has 0 atom stereocenters. The zero-order valence-corrected chi connectivity index (χ0v) is 11.5. The third-order valence-corrected chi connectivity index (χ3v) is 4.05. The Morgan fingerprint density at radius 1 is 1.14 bits per heavy atom. The lowest BCUT2D eigenvalue weighted by atomic mass is 10.0. The average molecular weight is 277 g/mol. The van der Waals surface area contributed by atoms with Crippen molar-refractivity contribution in [3.63, 3.8) is 0 Å². The van der Waals surface area contributed by atoms with Crippen molar-refractivity contribution in [1.82, 2.24) is 14.9 Å². The lowest BCUT2D eigenvalue weighted by molar-refractivity contribution is 0.0729. The molecular weight excluding hydrogens is 262 g/mol. The van der Waals surface area contributed by atoms with E-state index in [2.05, 4.69) is 22.1 Å². The normalized spacial score (nSPS) is 14.2. The van der Waals surface area contributed by atoms with Gasteiger partial charge in [-0.15, -0.1) is 0 Å². The van der Waals surface area contributed by atoms with E-state index in [9.17, 15) is 4.79 Å². The number of aromatic amines is 1. The molecule has 1 amide bonds. The van der Waals surface area contributed by atoms with Gasteiger partial charge in [-0.2, -0.15) is 0 Å².